The molecule has 1 amide bonds. The Hall–Kier alpha value is -1.34. The maximum absolute atomic E-state index is 12.7. The quantitative estimate of drug-likeness (QED) is 0.295. The van der Waals surface area contributed by atoms with Crippen LogP contribution in [0.2, 0.25) is 0 Å². The summed E-state index contributed by atoms with van der Waals surface area (Å²) in [7, 11) is 0. The zero-order chi connectivity index (χ0) is 15.6. The van der Waals surface area contributed by atoms with Crippen molar-refractivity contribution in [1.82, 2.24) is 4.90 Å². The fraction of sp³-hybridized carbons (Fsp3) is 0.846. The van der Waals surface area contributed by atoms with Gasteiger partial charge < -0.3 is 25.7 Å². The molecule has 1 aliphatic heterocycles. The molecular formula is C13H25N3O4. The summed E-state index contributed by atoms with van der Waals surface area (Å²) in [5.41, 5.74) is 4.08. The van der Waals surface area contributed by atoms with Gasteiger partial charge in [-0.1, -0.05) is 12.1 Å². The van der Waals surface area contributed by atoms with Gasteiger partial charge >= 0.3 is 0 Å². The van der Waals surface area contributed by atoms with Gasteiger partial charge in [-0.2, -0.15) is 0 Å². The topological polar surface area (TPSA) is 108 Å². The lowest BCUT2D eigenvalue weighted by Crippen LogP contribution is -2.60. The molecule has 7 heteroatoms. The van der Waals surface area contributed by atoms with Gasteiger partial charge in [-0.05, 0) is 27.2 Å². The van der Waals surface area contributed by atoms with E-state index >= 15 is 0 Å². The van der Waals surface area contributed by atoms with Crippen molar-refractivity contribution in [2.45, 2.75) is 45.8 Å². The first-order valence-corrected chi connectivity index (χ1v) is 6.76. The smallest absolute Gasteiger partial charge is 0.236 e. The van der Waals surface area contributed by atoms with Crippen molar-refractivity contribution < 1.29 is 19.8 Å². The van der Waals surface area contributed by atoms with E-state index in [1.165, 1.54) is 0 Å². The van der Waals surface area contributed by atoms with Crippen LogP contribution >= 0.6 is 0 Å². The molecule has 0 aromatic carbocycles. The summed E-state index contributed by atoms with van der Waals surface area (Å²) < 4.78 is 5.68. The van der Waals surface area contributed by atoms with E-state index in [1.54, 1.807) is 11.8 Å². The average molecular weight is 287 g/mol. The Morgan fingerprint density at radius 2 is 2.20 bits per heavy atom. The van der Waals surface area contributed by atoms with E-state index in [4.69, 9.17) is 15.7 Å². The van der Waals surface area contributed by atoms with Crippen LogP contribution in [-0.2, 0) is 9.53 Å². The molecule has 0 aromatic rings. The number of nitrogens with zero attached hydrogens (tertiary/aromatic N) is 2. The monoisotopic (exact) mass is 287 g/mol. The van der Waals surface area contributed by atoms with Crippen LogP contribution in [0.5, 0.6) is 0 Å². The van der Waals surface area contributed by atoms with E-state index in [9.17, 15) is 9.90 Å². The van der Waals surface area contributed by atoms with E-state index in [2.05, 4.69) is 5.16 Å². The molecule has 1 saturated heterocycles. The van der Waals surface area contributed by atoms with Crippen molar-refractivity contribution >= 4 is 11.7 Å². The molecule has 1 rings (SSSR count). The first-order valence-electron chi connectivity index (χ1n) is 6.76. The molecule has 2 unspecified atom stereocenters. The largest absolute Gasteiger partial charge is 0.409 e. The van der Waals surface area contributed by atoms with Crippen molar-refractivity contribution in [3.8, 4) is 0 Å². The van der Waals surface area contributed by atoms with Gasteiger partial charge in [-0.3, -0.25) is 4.79 Å². The Kier molecular flexibility index (Phi) is 4.99. The van der Waals surface area contributed by atoms with E-state index in [-0.39, 0.29) is 18.3 Å². The standard InChI is InChI=1S/C13H25N3O4/c1-5-13(4,10(14)15-19)11(18)16-6-9(7-17)20-12(2,3)8-16/h9,17,19H,5-8H2,1-4H3,(H2,14,15). The Labute approximate surface area is 119 Å². The van der Waals surface area contributed by atoms with Crippen LogP contribution in [-0.4, -0.2) is 58.4 Å². The van der Waals surface area contributed by atoms with Gasteiger partial charge in [-0.25, -0.2) is 0 Å². The van der Waals surface area contributed by atoms with E-state index in [0.29, 0.717) is 19.5 Å². The number of carbonyl (C=O) groups excluding carboxylic acids is 1. The van der Waals surface area contributed by atoms with Crippen molar-refractivity contribution in [3.05, 3.63) is 0 Å². The summed E-state index contributed by atoms with van der Waals surface area (Å²) in [6, 6.07) is 0. The first-order chi connectivity index (χ1) is 9.20. The molecule has 2 atom stereocenters. The molecule has 0 aromatic heterocycles. The van der Waals surface area contributed by atoms with Gasteiger partial charge in [0.2, 0.25) is 5.91 Å². The molecule has 0 aliphatic carbocycles. The number of amides is 1. The van der Waals surface area contributed by atoms with E-state index in [1.807, 2.05) is 20.8 Å². The summed E-state index contributed by atoms with van der Waals surface area (Å²) in [6.45, 7) is 7.74. The minimum Gasteiger partial charge on any atom is -0.409 e. The predicted molar refractivity (Wildman–Crippen MR) is 74.4 cm³/mol. The molecule has 1 aliphatic rings. The fourth-order valence-electron chi connectivity index (χ4n) is 2.45. The van der Waals surface area contributed by atoms with E-state index < -0.39 is 17.1 Å². The molecule has 4 N–H and O–H groups in total. The van der Waals surface area contributed by atoms with Crippen molar-refractivity contribution in [3.63, 3.8) is 0 Å². The van der Waals surface area contributed by atoms with Crippen LogP contribution in [0.1, 0.15) is 34.1 Å². The number of aliphatic hydroxyl groups is 1. The predicted octanol–water partition coefficient (Wildman–Crippen LogP) is 0.147. The zero-order valence-corrected chi connectivity index (χ0v) is 12.6. The Balaban J connectivity index is 3.00. The maximum atomic E-state index is 12.7. The highest BCUT2D eigenvalue weighted by Crippen LogP contribution is 2.29. The van der Waals surface area contributed by atoms with Crippen LogP contribution in [0.15, 0.2) is 5.16 Å². The second-order valence-electron chi connectivity index (χ2n) is 6.04. The number of nitrogens with two attached hydrogens (primary N) is 1. The number of carbonyl (C=O) groups is 1. The third-order valence-corrected chi connectivity index (χ3v) is 3.82. The molecule has 0 spiro atoms. The number of amidine groups is 1. The van der Waals surface area contributed by atoms with Gasteiger partial charge in [0.1, 0.15) is 5.41 Å². The highest BCUT2D eigenvalue weighted by Gasteiger charge is 2.44. The van der Waals surface area contributed by atoms with Crippen molar-refractivity contribution in [1.29, 1.82) is 0 Å². The molecule has 1 heterocycles. The average Bonchev–Trinajstić information content (AvgIpc) is 2.42. The molecule has 20 heavy (non-hydrogen) atoms. The number of oxime groups is 1. The third-order valence-electron chi connectivity index (χ3n) is 3.82. The van der Waals surface area contributed by atoms with Crippen LogP contribution in [0.4, 0.5) is 0 Å². The molecule has 0 saturated carbocycles. The number of ether oxygens (including phenoxy) is 1. The third kappa shape index (κ3) is 3.21. The number of rotatable bonds is 4. The number of hydrogen-bond donors (Lipinski definition) is 3. The minimum absolute atomic E-state index is 0.102. The number of morpholine rings is 1. The van der Waals surface area contributed by atoms with Gasteiger partial charge in [0.05, 0.1) is 18.3 Å². The maximum Gasteiger partial charge on any atom is 0.236 e. The van der Waals surface area contributed by atoms with E-state index in [0.717, 1.165) is 0 Å². The lowest BCUT2D eigenvalue weighted by Gasteiger charge is -2.44. The minimum atomic E-state index is -1.05. The van der Waals surface area contributed by atoms with Gasteiger partial charge in [0.15, 0.2) is 5.84 Å². The number of aliphatic hydroxyl groups excluding tert-OH is 1. The van der Waals surface area contributed by atoms with Crippen LogP contribution in [0.3, 0.4) is 0 Å². The molecular weight excluding hydrogens is 262 g/mol. The Morgan fingerprint density at radius 3 is 2.65 bits per heavy atom. The van der Waals surface area contributed by atoms with Crippen LogP contribution < -0.4 is 5.73 Å². The van der Waals surface area contributed by atoms with Crippen molar-refractivity contribution in [2.24, 2.45) is 16.3 Å². The van der Waals surface area contributed by atoms with Crippen LogP contribution in [0.25, 0.3) is 0 Å². The second-order valence-corrected chi connectivity index (χ2v) is 6.04. The normalized spacial score (nSPS) is 26.1. The Morgan fingerprint density at radius 1 is 1.60 bits per heavy atom. The summed E-state index contributed by atoms with van der Waals surface area (Å²) >= 11 is 0. The summed E-state index contributed by atoms with van der Waals surface area (Å²) in [5, 5.41) is 21.2. The SMILES string of the molecule is CCC(C)(C(=O)N1CC(CO)OC(C)(C)C1)C(N)=NO. The fourth-order valence-corrected chi connectivity index (χ4v) is 2.45. The summed E-state index contributed by atoms with van der Waals surface area (Å²) in [4.78, 5) is 14.3. The lowest BCUT2D eigenvalue weighted by atomic mass is 9.84. The Bertz CT molecular complexity index is 397. The summed E-state index contributed by atoms with van der Waals surface area (Å²) in [5.74, 6) is -0.319. The lowest BCUT2D eigenvalue weighted by molar-refractivity contribution is -0.171. The molecule has 116 valence electrons. The highest BCUT2D eigenvalue weighted by atomic mass is 16.5. The van der Waals surface area contributed by atoms with Gasteiger partial charge in [-0.15, -0.1) is 0 Å². The number of hydrogen-bond acceptors (Lipinski definition) is 5. The molecule has 7 nitrogen and oxygen atoms in total. The van der Waals surface area contributed by atoms with Crippen molar-refractivity contribution in [2.75, 3.05) is 19.7 Å². The molecule has 1 fully saturated rings. The first kappa shape index (κ1) is 16.7. The summed E-state index contributed by atoms with van der Waals surface area (Å²) in [6.07, 6.45) is -0.000337. The van der Waals surface area contributed by atoms with Gasteiger partial charge in [0, 0.05) is 13.1 Å². The molecule has 0 radical (unpaired) electrons. The molecule has 0 bridgehead atoms. The zero-order valence-electron chi connectivity index (χ0n) is 12.6. The van der Waals surface area contributed by atoms with Gasteiger partial charge in [0.25, 0.3) is 0 Å². The highest BCUT2D eigenvalue weighted by molar-refractivity contribution is 6.06. The second kappa shape index (κ2) is 5.97. The van der Waals surface area contributed by atoms with Crippen LogP contribution in [0, 0.1) is 5.41 Å².